The monoisotopic (exact) mass is 708 g/mol. The highest BCUT2D eigenvalue weighted by atomic mass is 32.2. The van der Waals surface area contributed by atoms with Crippen molar-refractivity contribution in [1.82, 2.24) is 4.90 Å². The Morgan fingerprint density at radius 2 is 1.00 bits per heavy atom. The lowest BCUT2D eigenvalue weighted by Gasteiger charge is -2.16. The van der Waals surface area contributed by atoms with Gasteiger partial charge < -0.3 is 14.4 Å². The number of thioether (sulfide) groups is 1. The Morgan fingerprint density at radius 3 is 1.47 bits per heavy atom. The maximum absolute atomic E-state index is 12.5. The number of carbonyl (C=O) groups is 3. The zero-order chi connectivity index (χ0) is 36.0. The van der Waals surface area contributed by atoms with E-state index in [4.69, 9.17) is 9.47 Å². The fourth-order valence-corrected chi connectivity index (χ4v) is 6.82. The highest BCUT2D eigenvalue weighted by Crippen LogP contribution is 2.24. The third-order valence-electron chi connectivity index (χ3n) is 8.92. The van der Waals surface area contributed by atoms with E-state index in [1.807, 2.05) is 12.2 Å². The molecule has 49 heavy (non-hydrogen) atoms. The SMILES string of the molecule is CCCCCCC=CCOC(=O)CCCCCCCC(CCCCCCCC(=O)OCC=CCCCCCC)CSC(=O)CCCN(C)C. The molecule has 0 aliphatic rings. The average Bonchev–Trinajstić information content (AvgIpc) is 3.08. The Morgan fingerprint density at radius 1 is 0.551 bits per heavy atom. The van der Waals surface area contributed by atoms with Gasteiger partial charge in [-0.15, -0.1) is 0 Å². The van der Waals surface area contributed by atoms with Gasteiger partial charge in [0.05, 0.1) is 0 Å². The van der Waals surface area contributed by atoms with E-state index in [-0.39, 0.29) is 11.9 Å². The summed E-state index contributed by atoms with van der Waals surface area (Å²) in [6.45, 7) is 6.19. The second-order valence-electron chi connectivity index (χ2n) is 14.1. The topological polar surface area (TPSA) is 72.9 Å². The van der Waals surface area contributed by atoms with Gasteiger partial charge in [-0.1, -0.05) is 140 Å². The summed E-state index contributed by atoms with van der Waals surface area (Å²) in [6.07, 6.45) is 36.3. The molecule has 6 nitrogen and oxygen atoms in total. The minimum absolute atomic E-state index is 0.0841. The summed E-state index contributed by atoms with van der Waals surface area (Å²) in [5, 5.41) is 0.329. The van der Waals surface area contributed by atoms with Crippen LogP contribution in [0.1, 0.15) is 181 Å². The van der Waals surface area contributed by atoms with E-state index in [0.29, 0.717) is 43.5 Å². The normalized spacial score (nSPS) is 12.3. The smallest absolute Gasteiger partial charge is 0.306 e. The van der Waals surface area contributed by atoms with Crippen LogP contribution in [0.2, 0.25) is 0 Å². The number of rotatable bonds is 36. The van der Waals surface area contributed by atoms with Crippen molar-refractivity contribution in [2.75, 3.05) is 39.6 Å². The van der Waals surface area contributed by atoms with Crippen LogP contribution < -0.4 is 0 Å². The molecule has 0 saturated heterocycles. The summed E-state index contributed by atoms with van der Waals surface area (Å²) >= 11 is 1.54. The lowest BCUT2D eigenvalue weighted by atomic mass is 9.95. The molecule has 0 unspecified atom stereocenters. The molecule has 0 spiro atoms. The third-order valence-corrected chi connectivity index (χ3v) is 10.1. The van der Waals surface area contributed by atoms with Gasteiger partial charge >= 0.3 is 11.9 Å². The maximum atomic E-state index is 12.5. The van der Waals surface area contributed by atoms with Gasteiger partial charge in [-0.25, -0.2) is 0 Å². The van der Waals surface area contributed by atoms with Crippen LogP contribution in [0.4, 0.5) is 0 Å². The van der Waals surface area contributed by atoms with Crippen LogP contribution in [0.25, 0.3) is 0 Å². The molecule has 0 bridgehead atoms. The van der Waals surface area contributed by atoms with E-state index in [1.165, 1.54) is 89.9 Å². The molecule has 0 aliphatic carbocycles. The molecule has 0 aromatic carbocycles. The summed E-state index contributed by atoms with van der Waals surface area (Å²) in [5.41, 5.74) is 0. The molecule has 0 aromatic heterocycles. The van der Waals surface area contributed by atoms with Crippen molar-refractivity contribution in [2.24, 2.45) is 5.92 Å². The van der Waals surface area contributed by atoms with Gasteiger partial charge in [0, 0.05) is 25.0 Å². The molecular weight excluding hydrogens is 631 g/mol. The summed E-state index contributed by atoms with van der Waals surface area (Å²) in [7, 11) is 4.10. The van der Waals surface area contributed by atoms with Crippen LogP contribution in [0.15, 0.2) is 24.3 Å². The van der Waals surface area contributed by atoms with Crippen molar-refractivity contribution < 1.29 is 23.9 Å². The summed E-state index contributed by atoms with van der Waals surface area (Å²) < 4.78 is 10.7. The lowest BCUT2D eigenvalue weighted by molar-refractivity contribution is -0.143. The summed E-state index contributed by atoms with van der Waals surface area (Å²) in [4.78, 5) is 38.7. The maximum Gasteiger partial charge on any atom is 0.306 e. The Kier molecular flexibility index (Phi) is 36.4. The van der Waals surface area contributed by atoms with Crippen LogP contribution >= 0.6 is 11.8 Å². The van der Waals surface area contributed by atoms with Crippen LogP contribution in [-0.4, -0.2) is 61.6 Å². The van der Waals surface area contributed by atoms with Crippen molar-refractivity contribution >= 4 is 28.8 Å². The van der Waals surface area contributed by atoms with Crippen LogP contribution in [-0.2, 0) is 23.9 Å². The summed E-state index contributed by atoms with van der Waals surface area (Å²) in [6, 6.07) is 0. The second kappa shape index (κ2) is 37.7. The van der Waals surface area contributed by atoms with Crippen molar-refractivity contribution in [1.29, 1.82) is 0 Å². The molecule has 0 radical (unpaired) electrons. The quantitative estimate of drug-likeness (QED) is 0.0364. The molecule has 7 heteroatoms. The lowest BCUT2D eigenvalue weighted by Crippen LogP contribution is -2.14. The first kappa shape index (κ1) is 47.4. The van der Waals surface area contributed by atoms with E-state index in [2.05, 4.69) is 45.0 Å². The van der Waals surface area contributed by atoms with Gasteiger partial charge in [-0.2, -0.15) is 0 Å². The van der Waals surface area contributed by atoms with Gasteiger partial charge in [-0.05, 0) is 84.3 Å². The standard InChI is InChI=1S/C42H77NO5S/c1-5-7-9-11-13-21-27-36-47-40(44)32-25-19-15-17-23-30-39(38-49-42(46)34-29-35-43(3)4)31-24-18-16-20-26-33-41(45)48-37-28-22-14-12-10-8-6-2/h21-22,27-28,39H,5-20,23-26,29-38H2,1-4H3. The number of carbonyl (C=O) groups excluding carboxylic acids is 3. The van der Waals surface area contributed by atoms with Gasteiger partial charge in [0.25, 0.3) is 0 Å². The molecule has 0 fully saturated rings. The Balaban J connectivity index is 4.14. The predicted molar refractivity (Wildman–Crippen MR) is 211 cm³/mol. The molecule has 0 N–H and O–H groups in total. The molecule has 286 valence electrons. The fourth-order valence-electron chi connectivity index (χ4n) is 5.78. The molecule has 0 aromatic rings. The van der Waals surface area contributed by atoms with Gasteiger partial charge in [0.2, 0.25) is 0 Å². The average molecular weight is 708 g/mol. The Bertz CT molecular complexity index is 776. The van der Waals surface area contributed by atoms with E-state index in [1.54, 1.807) is 11.8 Å². The molecule has 0 aliphatic heterocycles. The van der Waals surface area contributed by atoms with Crippen LogP contribution in [0, 0.1) is 5.92 Å². The van der Waals surface area contributed by atoms with Gasteiger partial charge in [-0.3, -0.25) is 14.4 Å². The van der Waals surface area contributed by atoms with Crippen molar-refractivity contribution in [3.8, 4) is 0 Å². The van der Waals surface area contributed by atoms with Gasteiger partial charge in [0.1, 0.15) is 13.2 Å². The number of hydrogen-bond donors (Lipinski definition) is 0. The number of esters is 2. The first-order valence-electron chi connectivity index (χ1n) is 20.3. The van der Waals surface area contributed by atoms with Crippen molar-refractivity contribution in [3.05, 3.63) is 24.3 Å². The Labute approximate surface area is 307 Å². The van der Waals surface area contributed by atoms with Crippen LogP contribution in [0.3, 0.4) is 0 Å². The second-order valence-corrected chi connectivity index (χ2v) is 15.2. The molecule has 0 rings (SSSR count). The predicted octanol–water partition coefficient (Wildman–Crippen LogP) is 11.8. The van der Waals surface area contributed by atoms with E-state index in [0.717, 1.165) is 70.1 Å². The van der Waals surface area contributed by atoms with Crippen molar-refractivity contribution in [3.63, 3.8) is 0 Å². The zero-order valence-corrected chi connectivity index (χ0v) is 33.3. The Hall–Kier alpha value is -1.60. The number of hydrogen-bond acceptors (Lipinski definition) is 7. The zero-order valence-electron chi connectivity index (χ0n) is 32.5. The van der Waals surface area contributed by atoms with E-state index >= 15 is 0 Å². The minimum atomic E-state index is -0.0841. The molecule has 0 atom stereocenters. The molecule has 0 heterocycles. The van der Waals surface area contributed by atoms with E-state index < -0.39 is 0 Å². The summed E-state index contributed by atoms with van der Waals surface area (Å²) in [5.74, 6) is 1.34. The largest absolute Gasteiger partial charge is 0.461 e. The van der Waals surface area contributed by atoms with Crippen LogP contribution in [0.5, 0.6) is 0 Å². The number of unbranched alkanes of at least 4 members (excludes halogenated alkanes) is 16. The van der Waals surface area contributed by atoms with Crippen molar-refractivity contribution in [2.45, 2.75) is 181 Å². The molecular formula is C42H77NO5S. The van der Waals surface area contributed by atoms with Gasteiger partial charge in [0.15, 0.2) is 5.12 Å². The molecule has 0 saturated carbocycles. The third kappa shape index (κ3) is 37.5. The van der Waals surface area contributed by atoms with E-state index in [9.17, 15) is 14.4 Å². The fraction of sp³-hybridized carbons (Fsp3) is 0.833. The molecule has 0 amide bonds. The number of ether oxygens (including phenoxy) is 2. The number of nitrogens with zero attached hydrogens (tertiary/aromatic N) is 1. The highest BCUT2D eigenvalue weighted by molar-refractivity contribution is 8.13. The minimum Gasteiger partial charge on any atom is -0.461 e. The first-order chi connectivity index (χ1) is 23.9. The first-order valence-corrected chi connectivity index (χ1v) is 21.3. The number of allylic oxidation sites excluding steroid dienone is 2. The highest BCUT2D eigenvalue weighted by Gasteiger charge is 2.13.